The van der Waals surface area contributed by atoms with Crippen molar-refractivity contribution in [2.75, 3.05) is 52.9 Å². The highest BCUT2D eigenvalue weighted by molar-refractivity contribution is 7.22. The quantitative estimate of drug-likeness (QED) is 0.0112. The first-order valence-corrected chi connectivity index (χ1v) is 51.2. The fourth-order valence-corrected chi connectivity index (χ4v) is 19.4. The lowest BCUT2D eigenvalue weighted by Crippen LogP contribution is -2.30. The van der Waals surface area contributed by atoms with E-state index in [4.69, 9.17) is 94.6 Å². The Morgan fingerprint density at radius 2 is 0.460 bits per heavy atom. The highest BCUT2D eigenvalue weighted by Gasteiger charge is 2.39. The van der Waals surface area contributed by atoms with Gasteiger partial charge in [-0.2, -0.15) is 0 Å². The third kappa shape index (κ3) is 29.3. The molecular formula is C112H108N2O34S2. The summed E-state index contributed by atoms with van der Waals surface area (Å²) in [5.41, 5.74) is 2.00. The van der Waals surface area contributed by atoms with Crippen LogP contribution in [-0.2, 0) is 95.4 Å². The molecule has 0 aliphatic heterocycles. The van der Waals surface area contributed by atoms with Crippen molar-refractivity contribution in [1.82, 2.24) is 9.97 Å². The van der Waals surface area contributed by atoms with Gasteiger partial charge in [0.2, 0.25) is 0 Å². The lowest BCUT2D eigenvalue weighted by molar-refractivity contribution is -0.145. The van der Waals surface area contributed by atoms with E-state index < -0.39 is 143 Å². The number of hydrogen-bond donors (Lipinski definition) is 0. The van der Waals surface area contributed by atoms with Crippen LogP contribution in [0.2, 0.25) is 0 Å². The van der Waals surface area contributed by atoms with Crippen LogP contribution in [0.5, 0.6) is 46.0 Å². The Morgan fingerprint density at radius 3 is 0.680 bits per heavy atom. The second-order valence-electron chi connectivity index (χ2n) is 36.2. The third-order valence-electron chi connectivity index (χ3n) is 25.9. The third-order valence-corrected chi connectivity index (χ3v) is 28.1. The number of fused-ring (bicyclic) bond motifs is 4. The Hall–Kier alpha value is -16.1. The lowest BCUT2D eigenvalue weighted by Gasteiger charge is -2.26. The first-order valence-electron chi connectivity index (χ1n) is 49.5. The van der Waals surface area contributed by atoms with E-state index >= 15 is 0 Å². The monoisotopic (exact) mass is 2090 g/mol. The number of thiazole rings is 2. The van der Waals surface area contributed by atoms with Gasteiger partial charge in [-0.1, -0.05) is 26.3 Å². The molecule has 11 aromatic rings. The van der Waals surface area contributed by atoms with E-state index in [0.29, 0.717) is 92.7 Å². The van der Waals surface area contributed by atoms with Crippen LogP contribution < -0.4 is 37.9 Å². The molecule has 0 unspecified atom stereocenters. The SMILES string of the molecule is C=CC(=O)OCCCCOC(=O)c1ccc(OC(=O)C2CCC(C(=O)Oc3ccc(OC(=O)C4CCC(C(=O)Oc5ccc(C(=O)OCCCCOC(=O)C=C)cc5)CC4)c4sc(-c5cc6cc7oc(-c8nc9c(OC(=O)C%10CCC(C(=O)Oc%11ccc(C(=O)OCCCCOC(=O)C=C)cc%11)CC%10)ccc(OC(=O)C%10CCC(C(=O)Oc%11ccc(C(=O)OCCCCOC(=O)C=C)cc%11)CC%10)c9s8)cc7cc6o5)nc34)CC2)cc1. The largest absolute Gasteiger partial charge is 0.463 e. The van der Waals surface area contributed by atoms with Crippen molar-refractivity contribution in [1.29, 1.82) is 0 Å². The Bertz CT molecular complexity index is 6050. The number of aromatic nitrogens is 2. The smallest absolute Gasteiger partial charge is 0.338 e. The molecule has 0 bridgehead atoms. The minimum absolute atomic E-state index is 0.0407. The number of esters is 16. The predicted molar refractivity (Wildman–Crippen MR) is 539 cm³/mol. The number of nitrogens with zero attached hydrogens (tertiary/aromatic N) is 2. The average molecular weight is 2090 g/mol. The molecule has 0 radical (unpaired) electrons. The lowest BCUT2D eigenvalue weighted by atomic mass is 9.82. The number of rotatable bonds is 46. The number of hydrogen-bond acceptors (Lipinski definition) is 38. The molecule has 0 spiro atoms. The fraction of sp³-hybridized carbons (Fsp3) is 0.357. The Balaban J connectivity index is 0.624. The highest BCUT2D eigenvalue weighted by Crippen LogP contribution is 2.48. The molecule has 15 rings (SSSR count). The minimum Gasteiger partial charge on any atom is -0.463 e. The Labute approximate surface area is 867 Å². The normalized spacial score (nSPS) is 17.3. The molecule has 7 aromatic carbocycles. The first-order chi connectivity index (χ1) is 72.7. The second kappa shape index (κ2) is 52.5. The van der Waals surface area contributed by atoms with Gasteiger partial charge in [-0.05, 0) is 300 Å². The molecule has 36 nitrogen and oxygen atoms in total. The van der Waals surface area contributed by atoms with Crippen molar-refractivity contribution in [3.63, 3.8) is 0 Å². The summed E-state index contributed by atoms with van der Waals surface area (Å²) in [5, 5.41) is 1.70. The second-order valence-corrected chi connectivity index (χ2v) is 38.2. The Kier molecular flexibility index (Phi) is 37.8. The topological polar surface area (TPSA) is 473 Å². The molecule has 150 heavy (non-hydrogen) atoms. The van der Waals surface area contributed by atoms with Crippen LogP contribution in [0.15, 0.2) is 205 Å². The van der Waals surface area contributed by atoms with Gasteiger partial charge in [-0.15, -0.1) is 22.7 Å². The molecule has 0 saturated heterocycles. The van der Waals surface area contributed by atoms with E-state index in [9.17, 15) is 76.7 Å². The molecule has 0 N–H and O–H groups in total. The molecule has 4 fully saturated rings. The molecule has 0 amide bonds. The fourth-order valence-electron chi connectivity index (χ4n) is 17.4. The summed E-state index contributed by atoms with van der Waals surface area (Å²) >= 11 is 2.20. The van der Waals surface area contributed by atoms with Gasteiger partial charge in [0, 0.05) is 35.1 Å². The zero-order valence-electron chi connectivity index (χ0n) is 81.8. The van der Waals surface area contributed by atoms with Crippen molar-refractivity contribution in [2.45, 2.75) is 154 Å². The van der Waals surface area contributed by atoms with Gasteiger partial charge >= 0.3 is 95.5 Å². The van der Waals surface area contributed by atoms with Crippen LogP contribution in [0.1, 0.15) is 196 Å². The average Bonchev–Trinajstić information content (AvgIpc) is 1.60. The molecule has 4 aromatic heterocycles. The van der Waals surface area contributed by atoms with Gasteiger partial charge in [0.15, 0.2) is 44.5 Å². The highest BCUT2D eigenvalue weighted by atomic mass is 32.1. The summed E-state index contributed by atoms with van der Waals surface area (Å²) in [5.74, 6) is -12.2. The van der Waals surface area contributed by atoms with Crippen molar-refractivity contribution >= 4 is 161 Å². The zero-order valence-corrected chi connectivity index (χ0v) is 83.5. The van der Waals surface area contributed by atoms with Crippen LogP contribution >= 0.6 is 22.7 Å². The van der Waals surface area contributed by atoms with Crippen molar-refractivity contribution in [3.05, 3.63) is 218 Å². The summed E-state index contributed by atoms with van der Waals surface area (Å²) in [4.78, 5) is 218. The standard InChI is InChI=1S/C112H108N2O34S2/c1-5-91(115)131-53-9-13-57-135-101(119)65-33-41-79(42-34-65)139-105(123)69-17-25-73(26-18-69)109(127)145-83-49-51-85(147-111(129)75-29-21-71(22-30-75)107(125)141-81-45-37-67(38-46-81)103(121)137-59-15-11-55-133-93(117)7-3)97-95(83)113-99(149-97)89-63-77-61-88-78(62-87(77)143-89)64-90(144-88)100-114-96-84(146-110(128)74-27-19-70(20-28-74)106(124)140-80-43-35-66(36-44-80)102(120)136-58-14-10-54-132-92(116)6-2)50-52-86(98(96)150-100)148-112(130)76-31-23-72(24-32-76)108(126)142-82-47-39-68(40-48-82)104(122)138-60-16-12-56-134-94(118)8-4/h5-8,33-52,61-64,69-76H,1-4,9-32,53-60H2. The molecule has 4 aliphatic carbocycles. The van der Waals surface area contributed by atoms with E-state index in [-0.39, 0.29) is 246 Å². The number of carbonyl (C=O) groups excluding carboxylic acids is 16. The minimum atomic E-state index is -0.654. The van der Waals surface area contributed by atoms with E-state index in [1.54, 1.807) is 24.3 Å². The summed E-state index contributed by atoms with van der Waals surface area (Å²) in [6.45, 7) is 14.4. The number of furan rings is 2. The van der Waals surface area contributed by atoms with Crippen LogP contribution in [0.4, 0.5) is 0 Å². The van der Waals surface area contributed by atoms with Gasteiger partial charge in [-0.25, -0.2) is 48.3 Å². The van der Waals surface area contributed by atoms with Crippen LogP contribution in [0, 0.1) is 47.3 Å². The van der Waals surface area contributed by atoms with E-state index in [1.165, 1.54) is 121 Å². The maximum Gasteiger partial charge on any atom is 0.338 e. The van der Waals surface area contributed by atoms with Gasteiger partial charge < -0.3 is 84.6 Å². The van der Waals surface area contributed by atoms with E-state index in [2.05, 4.69) is 26.3 Å². The van der Waals surface area contributed by atoms with Crippen molar-refractivity contribution in [2.24, 2.45) is 47.3 Å². The molecule has 782 valence electrons. The summed E-state index contributed by atoms with van der Waals surface area (Å²) in [6.07, 6.45) is 12.4. The predicted octanol–water partition coefficient (Wildman–Crippen LogP) is 19.7. The van der Waals surface area contributed by atoms with Gasteiger partial charge in [0.1, 0.15) is 54.6 Å². The molecule has 4 saturated carbocycles. The summed E-state index contributed by atoms with van der Waals surface area (Å²) in [7, 11) is 0. The number of benzene rings is 7. The van der Waals surface area contributed by atoms with Gasteiger partial charge in [0.05, 0.1) is 122 Å². The van der Waals surface area contributed by atoms with Crippen LogP contribution in [-0.4, -0.2) is 158 Å². The Morgan fingerprint density at radius 1 is 0.260 bits per heavy atom. The van der Waals surface area contributed by atoms with E-state index in [1.807, 2.05) is 0 Å². The van der Waals surface area contributed by atoms with E-state index in [0.717, 1.165) is 47.0 Å². The zero-order chi connectivity index (χ0) is 106. The molecular weight excluding hydrogens is 1980 g/mol. The van der Waals surface area contributed by atoms with Crippen LogP contribution in [0.25, 0.3) is 63.9 Å². The molecule has 4 heterocycles. The number of carbonyl (C=O) groups is 16. The maximum absolute atomic E-state index is 14.4. The number of ether oxygens (including phenoxy) is 16. The number of unbranched alkanes of at least 4 members (excludes halogenated alkanes) is 4. The van der Waals surface area contributed by atoms with Gasteiger partial charge in [-0.3, -0.25) is 38.4 Å². The molecule has 4 aliphatic rings. The first kappa shape index (κ1) is 108. The van der Waals surface area contributed by atoms with Crippen molar-refractivity contribution in [3.8, 4) is 67.5 Å². The molecule has 38 heteroatoms. The summed E-state index contributed by atoms with van der Waals surface area (Å²) < 4.78 is 103. The van der Waals surface area contributed by atoms with Crippen LogP contribution in [0.3, 0.4) is 0 Å². The molecule has 0 atom stereocenters. The maximum atomic E-state index is 14.4. The summed E-state index contributed by atoms with van der Waals surface area (Å²) in [6, 6.07) is 36.6. The van der Waals surface area contributed by atoms with Gasteiger partial charge in [0.25, 0.3) is 0 Å². The van der Waals surface area contributed by atoms with Crippen molar-refractivity contribution < 1.29 is 161 Å².